The average molecular weight is 321 g/mol. The summed E-state index contributed by atoms with van der Waals surface area (Å²) in [6.07, 6.45) is -3.20. The van der Waals surface area contributed by atoms with E-state index < -0.39 is 11.7 Å². The predicted octanol–water partition coefficient (Wildman–Crippen LogP) is 4.13. The molecule has 0 saturated heterocycles. The Bertz CT molecular complexity index is 800. The first kappa shape index (κ1) is 14.9. The fourth-order valence-corrected chi connectivity index (χ4v) is 1.94. The van der Waals surface area contributed by atoms with Gasteiger partial charge >= 0.3 is 6.18 Å². The Morgan fingerprint density at radius 3 is 2.26 bits per heavy atom. The van der Waals surface area contributed by atoms with Gasteiger partial charge in [0.1, 0.15) is 11.5 Å². The quantitative estimate of drug-likeness (QED) is 0.734. The molecule has 1 aromatic heterocycles. The molecule has 0 atom stereocenters. The number of hydrogen-bond acceptors (Lipinski definition) is 5. The first-order valence-corrected chi connectivity index (χ1v) is 6.44. The van der Waals surface area contributed by atoms with Gasteiger partial charge in [-0.3, -0.25) is 0 Å². The van der Waals surface area contributed by atoms with Crippen molar-refractivity contribution in [3.8, 4) is 23.0 Å². The minimum absolute atomic E-state index is 0.267. The summed E-state index contributed by atoms with van der Waals surface area (Å²) < 4.78 is 48.0. The Kier molecular flexibility index (Phi) is 3.65. The van der Waals surface area contributed by atoms with E-state index in [4.69, 9.17) is 14.9 Å². The van der Waals surface area contributed by atoms with Crippen molar-refractivity contribution in [1.29, 1.82) is 0 Å². The average Bonchev–Trinajstić information content (AvgIpc) is 3.01. The largest absolute Gasteiger partial charge is 0.457 e. The summed E-state index contributed by atoms with van der Waals surface area (Å²) in [5.41, 5.74) is 6.04. The number of halogens is 3. The van der Waals surface area contributed by atoms with Crippen LogP contribution < -0.4 is 10.5 Å². The molecule has 0 aliphatic rings. The molecule has 5 nitrogen and oxygen atoms in total. The topological polar surface area (TPSA) is 74.2 Å². The molecule has 3 rings (SSSR count). The highest BCUT2D eigenvalue weighted by Gasteiger charge is 2.30. The Balaban J connectivity index is 1.80. The van der Waals surface area contributed by atoms with Gasteiger partial charge in [0.2, 0.25) is 12.3 Å². The molecule has 8 heteroatoms. The first-order valence-electron chi connectivity index (χ1n) is 6.44. The van der Waals surface area contributed by atoms with Gasteiger partial charge in [-0.2, -0.15) is 13.2 Å². The molecular formula is C15H10F3N3O2. The van der Waals surface area contributed by atoms with E-state index in [1.165, 1.54) is 24.6 Å². The summed E-state index contributed by atoms with van der Waals surface area (Å²) in [6, 6.07) is 9.14. The smallest absolute Gasteiger partial charge is 0.416 e. The van der Waals surface area contributed by atoms with Crippen molar-refractivity contribution in [3.63, 3.8) is 0 Å². The molecule has 0 aliphatic carbocycles. The van der Waals surface area contributed by atoms with Crippen LogP contribution in [0.1, 0.15) is 5.56 Å². The number of nitrogens with two attached hydrogens (primary N) is 1. The Hall–Kier alpha value is -3.03. The summed E-state index contributed by atoms with van der Waals surface area (Å²) in [4.78, 5) is 0. The standard InChI is InChI=1S/C15H10F3N3O2/c16-15(17,18)9-1-3-10(4-2-9)23-11-5-6-12(13(19)7-11)14-21-20-8-22-14/h1-8H,19H2. The van der Waals surface area contributed by atoms with Gasteiger partial charge in [0, 0.05) is 11.8 Å². The SMILES string of the molecule is Nc1cc(Oc2ccc(C(F)(F)F)cc2)ccc1-c1nnco1. The lowest BCUT2D eigenvalue weighted by molar-refractivity contribution is -0.137. The summed E-state index contributed by atoms with van der Waals surface area (Å²) in [5, 5.41) is 7.31. The van der Waals surface area contributed by atoms with Crippen LogP contribution in [0.15, 0.2) is 53.3 Å². The van der Waals surface area contributed by atoms with Gasteiger partial charge in [-0.25, -0.2) is 0 Å². The van der Waals surface area contributed by atoms with E-state index >= 15 is 0 Å². The lowest BCUT2D eigenvalue weighted by Crippen LogP contribution is -2.04. The van der Waals surface area contributed by atoms with Crippen LogP contribution >= 0.6 is 0 Å². The molecule has 1 heterocycles. The predicted molar refractivity (Wildman–Crippen MR) is 75.7 cm³/mol. The molecule has 0 bridgehead atoms. The fraction of sp³-hybridized carbons (Fsp3) is 0.0667. The molecule has 0 unspecified atom stereocenters. The molecule has 0 amide bonds. The first-order chi connectivity index (χ1) is 10.9. The number of alkyl halides is 3. The molecule has 0 saturated carbocycles. The number of ether oxygens (including phenoxy) is 1. The minimum Gasteiger partial charge on any atom is -0.457 e. The van der Waals surface area contributed by atoms with E-state index in [1.807, 2.05) is 0 Å². The van der Waals surface area contributed by atoms with Gasteiger partial charge < -0.3 is 14.9 Å². The van der Waals surface area contributed by atoms with E-state index in [0.29, 0.717) is 17.0 Å². The Morgan fingerprint density at radius 1 is 1.00 bits per heavy atom. The number of aromatic nitrogens is 2. The number of anilines is 1. The summed E-state index contributed by atoms with van der Waals surface area (Å²) in [6.45, 7) is 0. The van der Waals surface area contributed by atoms with E-state index in [9.17, 15) is 13.2 Å². The van der Waals surface area contributed by atoms with Crippen molar-refractivity contribution in [2.75, 3.05) is 5.73 Å². The highest BCUT2D eigenvalue weighted by atomic mass is 19.4. The second-order valence-corrected chi connectivity index (χ2v) is 4.62. The highest BCUT2D eigenvalue weighted by molar-refractivity contribution is 5.71. The lowest BCUT2D eigenvalue weighted by Gasteiger charge is -2.10. The number of hydrogen-bond donors (Lipinski definition) is 1. The van der Waals surface area contributed by atoms with Crippen LogP contribution in [0.25, 0.3) is 11.5 Å². The van der Waals surface area contributed by atoms with Crippen LogP contribution in [-0.2, 0) is 6.18 Å². The van der Waals surface area contributed by atoms with Gasteiger partial charge in [0.15, 0.2) is 0 Å². The zero-order chi connectivity index (χ0) is 16.4. The van der Waals surface area contributed by atoms with Crippen molar-refractivity contribution in [2.24, 2.45) is 0 Å². The van der Waals surface area contributed by atoms with Crippen molar-refractivity contribution in [1.82, 2.24) is 10.2 Å². The molecule has 0 fully saturated rings. The second-order valence-electron chi connectivity index (χ2n) is 4.62. The maximum absolute atomic E-state index is 12.5. The molecule has 0 aliphatic heterocycles. The minimum atomic E-state index is -4.38. The molecule has 23 heavy (non-hydrogen) atoms. The summed E-state index contributed by atoms with van der Waals surface area (Å²) in [5.74, 6) is 0.914. The zero-order valence-corrected chi connectivity index (χ0v) is 11.5. The van der Waals surface area contributed by atoms with Crippen molar-refractivity contribution >= 4 is 5.69 Å². The molecule has 2 N–H and O–H groups in total. The third kappa shape index (κ3) is 3.25. The van der Waals surface area contributed by atoms with Crippen LogP contribution in [0.4, 0.5) is 18.9 Å². The van der Waals surface area contributed by atoms with E-state index in [0.717, 1.165) is 12.1 Å². The van der Waals surface area contributed by atoms with Crippen LogP contribution in [0.2, 0.25) is 0 Å². The Morgan fingerprint density at radius 2 is 1.70 bits per heavy atom. The van der Waals surface area contributed by atoms with Gasteiger partial charge in [-0.15, -0.1) is 10.2 Å². The van der Waals surface area contributed by atoms with Gasteiger partial charge in [0.05, 0.1) is 11.1 Å². The maximum Gasteiger partial charge on any atom is 0.416 e. The number of rotatable bonds is 3. The van der Waals surface area contributed by atoms with Crippen LogP contribution in [0.3, 0.4) is 0 Å². The number of benzene rings is 2. The number of nitrogens with zero attached hydrogens (tertiary/aromatic N) is 2. The van der Waals surface area contributed by atoms with Crippen molar-refractivity contribution < 1.29 is 22.3 Å². The number of nitrogen functional groups attached to an aromatic ring is 1. The fourth-order valence-electron chi connectivity index (χ4n) is 1.94. The van der Waals surface area contributed by atoms with Crippen LogP contribution in [-0.4, -0.2) is 10.2 Å². The normalized spacial score (nSPS) is 11.4. The lowest BCUT2D eigenvalue weighted by atomic mass is 10.1. The summed E-state index contributed by atoms with van der Waals surface area (Å²) >= 11 is 0. The van der Waals surface area contributed by atoms with Crippen molar-refractivity contribution in [2.45, 2.75) is 6.18 Å². The van der Waals surface area contributed by atoms with E-state index in [-0.39, 0.29) is 11.6 Å². The van der Waals surface area contributed by atoms with Crippen LogP contribution in [0, 0.1) is 0 Å². The molecule has 118 valence electrons. The van der Waals surface area contributed by atoms with Crippen LogP contribution in [0.5, 0.6) is 11.5 Å². The van der Waals surface area contributed by atoms with E-state index in [1.54, 1.807) is 12.1 Å². The second kappa shape index (κ2) is 5.64. The van der Waals surface area contributed by atoms with E-state index in [2.05, 4.69) is 10.2 Å². The molecule has 0 spiro atoms. The molecule has 3 aromatic rings. The monoisotopic (exact) mass is 321 g/mol. The molecular weight excluding hydrogens is 311 g/mol. The zero-order valence-electron chi connectivity index (χ0n) is 11.5. The Labute approximate surface area is 128 Å². The maximum atomic E-state index is 12.5. The van der Waals surface area contributed by atoms with Gasteiger partial charge in [0.25, 0.3) is 0 Å². The van der Waals surface area contributed by atoms with Crippen molar-refractivity contribution in [3.05, 3.63) is 54.4 Å². The van der Waals surface area contributed by atoms with Gasteiger partial charge in [-0.05, 0) is 36.4 Å². The summed E-state index contributed by atoms with van der Waals surface area (Å²) in [7, 11) is 0. The van der Waals surface area contributed by atoms with Gasteiger partial charge in [-0.1, -0.05) is 0 Å². The molecule has 0 radical (unpaired) electrons. The third-order valence-electron chi connectivity index (χ3n) is 3.03. The third-order valence-corrected chi connectivity index (χ3v) is 3.03. The highest BCUT2D eigenvalue weighted by Crippen LogP contribution is 2.33. The molecule has 2 aromatic carbocycles.